The summed E-state index contributed by atoms with van der Waals surface area (Å²) < 4.78 is 9.08. The zero-order chi connectivity index (χ0) is 11.3. The molecule has 0 spiro atoms. The summed E-state index contributed by atoms with van der Waals surface area (Å²) in [5, 5.41) is 0. The number of carbonyl (C=O) groups excluding carboxylic acids is 1. The minimum atomic E-state index is -0.110. The first-order valence-electron chi connectivity index (χ1n) is 5.28. The Morgan fingerprint density at radius 3 is 2.80 bits per heavy atom. The molecule has 4 heteroatoms. The molecule has 0 aromatic carbocycles. The van der Waals surface area contributed by atoms with Gasteiger partial charge in [0.2, 0.25) is 6.33 Å². The summed E-state index contributed by atoms with van der Waals surface area (Å²) in [5.41, 5.74) is 0. The molecule has 84 valence electrons. The van der Waals surface area contributed by atoms with E-state index in [9.17, 15) is 4.79 Å². The summed E-state index contributed by atoms with van der Waals surface area (Å²) in [5.74, 6) is -0.110. The number of nitrogens with zero attached hydrogens (tertiary/aromatic N) is 2. The Bertz CT molecular complexity index is 318. The van der Waals surface area contributed by atoms with Gasteiger partial charge in [0.15, 0.2) is 0 Å². The number of hydrogen-bond acceptors (Lipinski definition) is 2. The van der Waals surface area contributed by atoms with Crippen LogP contribution in [0.1, 0.15) is 26.7 Å². The summed E-state index contributed by atoms with van der Waals surface area (Å²) in [6.07, 6.45) is 7.26. The van der Waals surface area contributed by atoms with Crippen LogP contribution in [0.25, 0.3) is 0 Å². The molecule has 0 saturated heterocycles. The molecule has 0 radical (unpaired) electrons. The average Bonchev–Trinajstić information content (AvgIpc) is 2.50. The lowest BCUT2D eigenvalue weighted by Crippen LogP contribution is -2.23. The van der Waals surface area contributed by atoms with Gasteiger partial charge in [0, 0.05) is 6.42 Å². The largest absolute Gasteiger partial charge is 0.463 e. The first-order valence-corrected chi connectivity index (χ1v) is 5.28. The maximum absolute atomic E-state index is 11.2. The van der Waals surface area contributed by atoms with E-state index in [1.54, 1.807) is 0 Å². The van der Waals surface area contributed by atoms with Crippen molar-refractivity contribution in [2.45, 2.75) is 39.3 Å². The maximum Gasteiger partial charge on any atom is 0.306 e. The van der Waals surface area contributed by atoms with Gasteiger partial charge in [0.05, 0.1) is 19.7 Å². The quantitative estimate of drug-likeness (QED) is 0.539. The molecule has 1 rings (SSSR count). The summed E-state index contributed by atoms with van der Waals surface area (Å²) in [6, 6.07) is 0. The van der Waals surface area contributed by atoms with E-state index in [2.05, 4.69) is 4.57 Å². The molecule has 0 unspecified atom stereocenters. The molecule has 0 atom stereocenters. The Morgan fingerprint density at radius 2 is 2.27 bits per heavy atom. The molecule has 1 aromatic heterocycles. The highest BCUT2D eigenvalue weighted by molar-refractivity contribution is 5.69. The summed E-state index contributed by atoms with van der Waals surface area (Å²) in [7, 11) is 1.98. The van der Waals surface area contributed by atoms with Gasteiger partial charge in [0.1, 0.15) is 12.4 Å². The molecule has 0 amide bonds. The maximum atomic E-state index is 11.2. The van der Waals surface area contributed by atoms with Gasteiger partial charge in [-0.1, -0.05) is 0 Å². The lowest BCUT2D eigenvalue weighted by molar-refractivity contribution is -0.671. The fourth-order valence-corrected chi connectivity index (χ4v) is 1.36. The first-order chi connectivity index (χ1) is 7.08. The van der Waals surface area contributed by atoms with Gasteiger partial charge in [0.25, 0.3) is 0 Å². The van der Waals surface area contributed by atoms with Gasteiger partial charge in [-0.3, -0.25) is 4.79 Å². The van der Waals surface area contributed by atoms with Crippen molar-refractivity contribution in [1.29, 1.82) is 0 Å². The predicted octanol–water partition coefficient (Wildman–Crippen LogP) is 1.04. The van der Waals surface area contributed by atoms with Crippen molar-refractivity contribution in [3.05, 3.63) is 18.7 Å². The van der Waals surface area contributed by atoms with E-state index in [0.29, 0.717) is 6.42 Å². The van der Waals surface area contributed by atoms with Crippen molar-refractivity contribution in [2.24, 2.45) is 7.05 Å². The van der Waals surface area contributed by atoms with E-state index < -0.39 is 0 Å². The number of ether oxygens (including phenoxy) is 1. The molecule has 1 aromatic rings. The molecule has 4 nitrogen and oxygen atoms in total. The van der Waals surface area contributed by atoms with Crippen molar-refractivity contribution in [2.75, 3.05) is 0 Å². The molecule has 0 N–H and O–H groups in total. The molecule has 0 bridgehead atoms. The van der Waals surface area contributed by atoms with Gasteiger partial charge in [-0.15, -0.1) is 0 Å². The molecule has 1 heterocycles. The molecular weight excluding hydrogens is 192 g/mol. The fourth-order valence-electron chi connectivity index (χ4n) is 1.36. The highest BCUT2D eigenvalue weighted by Gasteiger charge is 2.06. The smallest absolute Gasteiger partial charge is 0.306 e. The van der Waals surface area contributed by atoms with E-state index in [-0.39, 0.29) is 12.1 Å². The van der Waals surface area contributed by atoms with Crippen LogP contribution in [0.5, 0.6) is 0 Å². The Hall–Kier alpha value is -1.32. The van der Waals surface area contributed by atoms with E-state index in [1.807, 2.05) is 44.2 Å². The SMILES string of the molecule is CC(C)OC(=O)CCCn1cc[n+](C)c1. The highest BCUT2D eigenvalue weighted by Crippen LogP contribution is 1.99. The van der Waals surface area contributed by atoms with E-state index in [1.165, 1.54) is 0 Å². The molecule has 15 heavy (non-hydrogen) atoms. The molecule has 0 fully saturated rings. The minimum Gasteiger partial charge on any atom is -0.463 e. The molecule has 0 saturated carbocycles. The van der Waals surface area contributed by atoms with Gasteiger partial charge >= 0.3 is 5.97 Å². The van der Waals surface area contributed by atoms with Crippen LogP contribution < -0.4 is 4.57 Å². The van der Waals surface area contributed by atoms with Crippen molar-refractivity contribution in [3.8, 4) is 0 Å². The molecule has 0 aliphatic carbocycles. The monoisotopic (exact) mass is 211 g/mol. The number of aromatic nitrogens is 2. The summed E-state index contributed by atoms with van der Waals surface area (Å²) in [4.78, 5) is 11.2. The van der Waals surface area contributed by atoms with Crippen LogP contribution in [0.4, 0.5) is 0 Å². The van der Waals surface area contributed by atoms with Crippen LogP contribution >= 0.6 is 0 Å². The second kappa shape index (κ2) is 5.53. The highest BCUT2D eigenvalue weighted by atomic mass is 16.5. The zero-order valence-electron chi connectivity index (χ0n) is 9.64. The van der Waals surface area contributed by atoms with Crippen LogP contribution in [-0.2, 0) is 23.1 Å². The number of rotatable bonds is 5. The fraction of sp³-hybridized carbons (Fsp3) is 0.636. The normalized spacial score (nSPS) is 10.7. The van der Waals surface area contributed by atoms with Gasteiger partial charge in [-0.05, 0) is 20.3 Å². The minimum absolute atomic E-state index is 0.0121. The Labute approximate surface area is 90.5 Å². The first kappa shape index (κ1) is 11.8. The van der Waals surface area contributed by atoms with E-state index >= 15 is 0 Å². The number of hydrogen-bond donors (Lipinski definition) is 0. The third-order valence-electron chi connectivity index (χ3n) is 1.99. The van der Waals surface area contributed by atoms with Crippen molar-refractivity contribution in [3.63, 3.8) is 0 Å². The Morgan fingerprint density at radius 1 is 1.53 bits per heavy atom. The zero-order valence-corrected chi connectivity index (χ0v) is 9.64. The van der Waals surface area contributed by atoms with E-state index in [4.69, 9.17) is 4.74 Å². The van der Waals surface area contributed by atoms with Gasteiger partial charge in [-0.25, -0.2) is 9.13 Å². The van der Waals surface area contributed by atoms with Crippen LogP contribution in [0, 0.1) is 0 Å². The Balaban J connectivity index is 2.19. The summed E-state index contributed by atoms with van der Waals surface area (Å²) in [6.45, 7) is 4.59. The molecule has 0 aliphatic heterocycles. The van der Waals surface area contributed by atoms with Crippen molar-refractivity contribution < 1.29 is 14.1 Å². The number of imidazole rings is 1. The lowest BCUT2D eigenvalue weighted by atomic mass is 10.3. The standard InChI is InChI=1S/C11H19N2O2/c1-10(2)15-11(14)5-4-6-13-8-7-12(3)9-13/h7-10H,4-6H2,1-3H3/q+1. The van der Waals surface area contributed by atoms with E-state index in [0.717, 1.165) is 13.0 Å². The van der Waals surface area contributed by atoms with Gasteiger partial charge < -0.3 is 4.74 Å². The van der Waals surface area contributed by atoms with Crippen LogP contribution in [-0.4, -0.2) is 16.6 Å². The van der Waals surface area contributed by atoms with Crippen molar-refractivity contribution >= 4 is 5.97 Å². The van der Waals surface area contributed by atoms with Gasteiger partial charge in [-0.2, -0.15) is 0 Å². The Kier molecular flexibility index (Phi) is 4.34. The third kappa shape index (κ3) is 4.63. The van der Waals surface area contributed by atoms with Crippen molar-refractivity contribution in [1.82, 2.24) is 4.57 Å². The number of carbonyl (C=O) groups is 1. The second-order valence-corrected chi connectivity index (χ2v) is 3.96. The topological polar surface area (TPSA) is 35.1 Å². The number of aryl methyl sites for hydroxylation is 2. The third-order valence-corrected chi connectivity index (χ3v) is 1.99. The predicted molar refractivity (Wildman–Crippen MR) is 56.1 cm³/mol. The van der Waals surface area contributed by atoms with Crippen LogP contribution in [0.2, 0.25) is 0 Å². The second-order valence-electron chi connectivity index (χ2n) is 3.96. The molecule has 0 aliphatic rings. The van der Waals surface area contributed by atoms with Crippen LogP contribution in [0.15, 0.2) is 18.7 Å². The van der Waals surface area contributed by atoms with Crippen LogP contribution in [0.3, 0.4) is 0 Å². The molecular formula is C11H19N2O2+. The average molecular weight is 211 g/mol. The summed E-state index contributed by atoms with van der Waals surface area (Å²) >= 11 is 0. The lowest BCUT2D eigenvalue weighted by Gasteiger charge is -2.06. The number of esters is 1.